The highest BCUT2D eigenvalue weighted by molar-refractivity contribution is 9.10. The maximum Gasteiger partial charge on any atom is 0.0697 e. The van der Waals surface area contributed by atoms with Crippen LogP contribution in [0.5, 0.6) is 0 Å². The summed E-state index contributed by atoms with van der Waals surface area (Å²) >= 11 is 3.42. The Hall–Kier alpha value is -0.850. The summed E-state index contributed by atoms with van der Waals surface area (Å²) in [5.41, 5.74) is 0.976. The van der Waals surface area contributed by atoms with Crippen molar-refractivity contribution in [2.45, 2.75) is 20.4 Å². The van der Waals surface area contributed by atoms with Crippen molar-refractivity contribution >= 4 is 15.9 Å². The Balaban J connectivity index is 2.55. The Kier molecular flexibility index (Phi) is 4.52. The first kappa shape index (κ1) is 13.2. The molecule has 0 bridgehead atoms. The van der Waals surface area contributed by atoms with Gasteiger partial charge in [-0.05, 0) is 38.6 Å². The number of hydrogen-bond acceptors (Lipinski definition) is 2. The zero-order valence-electron chi connectivity index (χ0n) is 10.00. The van der Waals surface area contributed by atoms with Crippen LogP contribution < -0.4 is 0 Å². The lowest BCUT2D eigenvalue weighted by atomic mass is 9.95. The number of halogens is 1. The van der Waals surface area contributed by atoms with E-state index in [1.54, 1.807) is 0 Å². The van der Waals surface area contributed by atoms with Crippen molar-refractivity contribution in [3.8, 4) is 6.07 Å². The molecule has 0 saturated heterocycles. The van der Waals surface area contributed by atoms with Crippen LogP contribution in [0.1, 0.15) is 19.4 Å². The second kappa shape index (κ2) is 5.47. The van der Waals surface area contributed by atoms with E-state index in [2.05, 4.69) is 39.0 Å². The molecule has 0 spiro atoms. The number of rotatable bonds is 4. The van der Waals surface area contributed by atoms with Gasteiger partial charge in [-0.15, -0.1) is 0 Å². The molecule has 0 radical (unpaired) electrons. The van der Waals surface area contributed by atoms with Crippen LogP contribution in [0, 0.1) is 16.7 Å². The molecule has 16 heavy (non-hydrogen) atoms. The van der Waals surface area contributed by atoms with Gasteiger partial charge in [-0.25, -0.2) is 0 Å². The number of hydrogen-bond donors (Lipinski definition) is 0. The van der Waals surface area contributed by atoms with Gasteiger partial charge in [0.05, 0.1) is 11.5 Å². The Morgan fingerprint density at radius 3 is 2.38 bits per heavy atom. The van der Waals surface area contributed by atoms with E-state index in [1.807, 2.05) is 33.0 Å². The van der Waals surface area contributed by atoms with Crippen LogP contribution in [0.25, 0.3) is 0 Å². The Morgan fingerprint density at radius 2 is 1.88 bits per heavy atom. The lowest BCUT2D eigenvalue weighted by Crippen LogP contribution is -2.29. The first-order valence-electron chi connectivity index (χ1n) is 5.27. The molecule has 0 saturated carbocycles. The number of benzene rings is 1. The first-order valence-corrected chi connectivity index (χ1v) is 6.06. The maximum atomic E-state index is 8.96. The van der Waals surface area contributed by atoms with Crippen molar-refractivity contribution in [3.63, 3.8) is 0 Å². The third-order valence-electron chi connectivity index (χ3n) is 2.33. The fourth-order valence-electron chi connectivity index (χ4n) is 1.67. The van der Waals surface area contributed by atoms with Gasteiger partial charge in [0.1, 0.15) is 0 Å². The first-order chi connectivity index (χ1) is 7.43. The summed E-state index contributed by atoms with van der Waals surface area (Å²) in [5.74, 6) is 0. The summed E-state index contributed by atoms with van der Waals surface area (Å²) in [6, 6.07) is 10.6. The van der Waals surface area contributed by atoms with Crippen LogP contribution in [-0.4, -0.2) is 18.5 Å². The average molecular weight is 281 g/mol. The normalized spacial score (nSPS) is 11.5. The van der Waals surface area contributed by atoms with Gasteiger partial charge in [0.15, 0.2) is 0 Å². The summed E-state index contributed by atoms with van der Waals surface area (Å²) in [6.07, 6.45) is 0. The lowest BCUT2D eigenvalue weighted by Gasteiger charge is -2.24. The molecule has 0 amide bonds. The summed E-state index contributed by atoms with van der Waals surface area (Å²) < 4.78 is 1.09. The van der Waals surface area contributed by atoms with E-state index >= 15 is 0 Å². The van der Waals surface area contributed by atoms with Gasteiger partial charge in [-0.1, -0.05) is 28.1 Å². The van der Waals surface area contributed by atoms with Crippen molar-refractivity contribution in [1.29, 1.82) is 5.26 Å². The van der Waals surface area contributed by atoms with E-state index < -0.39 is 0 Å². The highest BCUT2D eigenvalue weighted by Crippen LogP contribution is 2.17. The Bertz CT molecular complexity index is 376. The molecule has 3 heteroatoms. The fourth-order valence-corrected chi connectivity index (χ4v) is 1.93. The van der Waals surface area contributed by atoms with Gasteiger partial charge in [0.2, 0.25) is 0 Å². The van der Waals surface area contributed by atoms with Crippen LogP contribution in [-0.2, 0) is 6.54 Å². The molecule has 1 aromatic carbocycles. The quantitative estimate of drug-likeness (QED) is 0.845. The molecule has 0 unspecified atom stereocenters. The van der Waals surface area contributed by atoms with E-state index in [9.17, 15) is 0 Å². The van der Waals surface area contributed by atoms with E-state index in [-0.39, 0.29) is 5.41 Å². The van der Waals surface area contributed by atoms with Gasteiger partial charge in [0, 0.05) is 17.6 Å². The second-order valence-electron chi connectivity index (χ2n) is 4.79. The van der Waals surface area contributed by atoms with Gasteiger partial charge in [-0.3, -0.25) is 0 Å². The molecule has 0 aliphatic carbocycles. The van der Waals surface area contributed by atoms with Gasteiger partial charge >= 0.3 is 0 Å². The molecular weight excluding hydrogens is 264 g/mol. The van der Waals surface area contributed by atoms with E-state index in [1.165, 1.54) is 5.56 Å². The molecule has 0 aliphatic heterocycles. The molecule has 86 valence electrons. The Labute approximate surface area is 106 Å². The topological polar surface area (TPSA) is 27.0 Å². The van der Waals surface area contributed by atoms with Crippen LogP contribution in [0.4, 0.5) is 0 Å². The van der Waals surface area contributed by atoms with Crippen molar-refractivity contribution < 1.29 is 0 Å². The van der Waals surface area contributed by atoms with Crippen molar-refractivity contribution in [1.82, 2.24) is 4.90 Å². The summed E-state index contributed by atoms with van der Waals surface area (Å²) in [5, 5.41) is 8.96. The fraction of sp³-hybridized carbons (Fsp3) is 0.462. The van der Waals surface area contributed by atoms with E-state index in [0.717, 1.165) is 17.6 Å². The highest BCUT2D eigenvalue weighted by Gasteiger charge is 2.18. The van der Waals surface area contributed by atoms with Gasteiger partial charge in [0.25, 0.3) is 0 Å². The van der Waals surface area contributed by atoms with Gasteiger partial charge in [-0.2, -0.15) is 5.26 Å². The molecule has 2 nitrogen and oxygen atoms in total. The SMILES string of the molecule is CN(Cc1ccc(Br)cc1)CC(C)(C)C#N. The lowest BCUT2D eigenvalue weighted by molar-refractivity contribution is 0.249. The molecule has 0 aliphatic rings. The maximum absolute atomic E-state index is 8.96. The zero-order chi connectivity index (χ0) is 12.2. The monoisotopic (exact) mass is 280 g/mol. The van der Waals surface area contributed by atoms with Crippen LogP contribution in [0.2, 0.25) is 0 Å². The molecule has 1 rings (SSSR count). The minimum Gasteiger partial charge on any atom is -0.301 e. The molecule has 0 fully saturated rings. The molecule has 0 heterocycles. The minimum atomic E-state index is -0.288. The largest absolute Gasteiger partial charge is 0.301 e. The zero-order valence-corrected chi connectivity index (χ0v) is 11.6. The smallest absolute Gasteiger partial charge is 0.0697 e. The average Bonchev–Trinajstić information content (AvgIpc) is 2.21. The van der Waals surface area contributed by atoms with Crippen molar-refractivity contribution in [2.24, 2.45) is 5.41 Å². The second-order valence-corrected chi connectivity index (χ2v) is 5.71. The molecule has 0 N–H and O–H groups in total. The van der Waals surface area contributed by atoms with Crippen LogP contribution in [0.15, 0.2) is 28.7 Å². The van der Waals surface area contributed by atoms with Gasteiger partial charge < -0.3 is 4.90 Å². The van der Waals surface area contributed by atoms with E-state index in [4.69, 9.17) is 5.26 Å². The molecule has 1 aromatic rings. The summed E-state index contributed by atoms with van der Waals surface area (Å²) in [6.45, 7) is 5.58. The molecular formula is C13H17BrN2. The summed E-state index contributed by atoms with van der Waals surface area (Å²) in [7, 11) is 2.04. The molecule has 0 aromatic heterocycles. The van der Waals surface area contributed by atoms with E-state index in [0.29, 0.717) is 0 Å². The van der Waals surface area contributed by atoms with Crippen LogP contribution >= 0.6 is 15.9 Å². The standard InChI is InChI=1S/C13H17BrN2/c1-13(2,9-15)10-16(3)8-11-4-6-12(14)7-5-11/h4-7H,8,10H2,1-3H3. The van der Waals surface area contributed by atoms with Crippen molar-refractivity contribution in [3.05, 3.63) is 34.3 Å². The third kappa shape index (κ3) is 4.34. The number of nitrogens with zero attached hydrogens (tertiary/aromatic N) is 2. The Morgan fingerprint density at radius 1 is 1.31 bits per heavy atom. The predicted molar refractivity (Wildman–Crippen MR) is 69.9 cm³/mol. The number of nitriles is 1. The highest BCUT2D eigenvalue weighted by atomic mass is 79.9. The van der Waals surface area contributed by atoms with Crippen molar-refractivity contribution in [2.75, 3.05) is 13.6 Å². The van der Waals surface area contributed by atoms with Crippen LogP contribution in [0.3, 0.4) is 0 Å². The minimum absolute atomic E-state index is 0.288. The third-order valence-corrected chi connectivity index (χ3v) is 2.86. The summed E-state index contributed by atoms with van der Waals surface area (Å²) in [4.78, 5) is 2.17. The predicted octanol–water partition coefficient (Wildman–Crippen LogP) is 3.43. The molecule has 0 atom stereocenters.